The highest BCUT2D eigenvalue weighted by molar-refractivity contribution is 5.92. The van der Waals surface area contributed by atoms with Crippen molar-refractivity contribution in [1.29, 1.82) is 0 Å². The van der Waals surface area contributed by atoms with Crippen molar-refractivity contribution >= 4 is 22.5 Å². The number of hydrogen-bond donors (Lipinski definition) is 2. The van der Waals surface area contributed by atoms with Gasteiger partial charge in [-0.15, -0.1) is 13.2 Å². The van der Waals surface area contributed by atoms with Crippen molar-refractivity contribution in [3.05, 3.63) is 59.8 Å². The number of aromatic amines is 1. The summed E-state index contributed by atoms with van der Waals surface area (Å²) in [6.07, 6.45) is -0.0330. The Hall–Kier alpha value is -3.00. The van der Waals surface area contributed by atoms with Crippen molar-refractivity contribution in [2.24, 2.45) is 5.92 Å². The van der Waals surface area contributed by atoms with Gasteiger partial charge in [-0.1, -0.05) is 26.0 Å². The van der Waals surface area contributed by atoms with Crippen LogP contribution in [0.25, 0.3) is 10.9 Å². The molecule has 2 N–H and O–H groups in total. The van der Waals surface area contributed by atoms with Crippen LogP contribution in [0.15, 0.2) is 48.7 Å². The van der Waals surface area contributed by atoms with E-state index in [1.165, 1.54) is 17.7 Å². The second-order valence-electron chi connectivity index (χ2n) is 9.20. The molecule has 1 aromatic heterocycles. The van der Waals surface area contributed by atoms with E-state index in [1.54, 1.807) is 6.07 Å². The molecule has 2 aromatic carbocycles. The highest BCUT2D eigenvalue weighted by atomic mass is 19.4. The van der Waals surface area contributed by atoms with Crippen LogP contribution in [0.5, 0.6) is 5.75 Å². The molecular formula is C26H30F3N3O2. The predicted molar refractivity (Wildman–Crippen MR) is 127 cm³/mol. The summed E-state index contributed by atoms with van der Waals surface area (Å²) < 4.78 is 41.8. The molecule has 3 aromatic rings. The quantitative estimate of drug-likeness (QED) is 0.437. The van der Waals surface area contributed by atoms with Gasteiger partial charge in [0.1, 0.15) is 5.75 Å². The van der Waals surface area contributed by atoms with E-state index in [2.05, 4.69) is 32.1 Å². The largest absolute Gasteiger partial charge is 0.573 e. The van der Waals surface area contributed by atoms with Gasteiger partial charge in [0.05, 0.1) is 0 Å². The summed E-state index contributed by atoms with van der Waals surface area (Å²) in [4.78, 5) is 17.5. The lowest BCUT2D eigenvalue weighted by Crippen LogP contribution is -2.34. The molecule has 0 atom stereocenters. The predicted octanol–water partition coefficient (Wildman–Crippen LogP) is 6.08. The molecule has 0 bridgehead atoms. The summed E-state index contributed by atoms with van der Waals surface area (Å²) in [5, 5.41) is 3.73. The number of halogens is 3. The number of alkyl halides is 3. The molecule has 34 heavy (non-hydrogen) atoms. The number of benzene rings is 2. The van der Waals surface area contributed by atoms with E-state index in [4.69, 9.17) is 0 Å². The second-order valence-corrected chi connectivity index (χ2v) is 9.20. The Bertz CT molecular complexity index is 1130. The number of aromatic nitrogens is 1. The maximum absolute atomic E-state index is 12.6. The molecule has 0 saturated carbocycles. The van der Waals surface area contributed by atoms with E-state index in [1.807, 2.05) is 32.2 Å². The molecule has 0 aliphatic carbocycles. The van der Waals surface area contributed by atoms with Crippen LogP contribution in [0.3, 0.4) is 0 Å². The van der Waals surface area contributed by atoms with E-state index in [-0.39, 0.29) is 17.6 Å². The number of ether oxygens (including phenoxy) is 1. The summed E-state index contributed by atoms with van der Waals surface area (Å²) in [5.41, 5.74) is 3.87. The number of nitrogens with one attached hydrogen (secondary N) is 2. The molecule has 0 radical (unpaired) electrons. The first-order chi connectivity index (χ1) is 16.2. The van der Waals surface area contributed by atoms with Gasteiger partial charge in [0, 0.05) is 35.2 Å². The van der Waals surface area contributed by atoms with Gasteiger partial charge in [0.15, 0.2) is 0 Å². The number of nitrogens with zero attached hydrogens (tertiary/aromatic N) is 1. The Kier molecular flexibility index (Phi) is 7.16. The van der Waals surface area contributed by atoms with Crippen molar-refractivity contribution in [2.75, 3.05) is 25.0 Å². The fourth-order valence-electron chi connectivity index (χ4n) is 4.49. The fourth-order valence-corrected chi connectivity index (χ4v) is 4.49. The first kappa shape index (κ1) is 24.1. The fraction of sp³-hybridized carbons (Fsp3) is 0.423. The van der Waals surface area contributed by atoms with Gasteiger partial charge in [-0.05, 0) is 79.7 Å². The van der Waals surface area contributed by atoms with Crippen molar-refractivity contribution in [3.8, 4) is 5.75 Å². The standard InChI is InChI=1S/C26H30F3N3O2/c1-17(2)25(33)31-21-5-3-4-19(14-21)18-8-11-32(12-9-18)13-10-20-16-30-24-7-6-22(15-23(20)24)34-26(27,28)29/h3-7,14-18,30H,8-13H2,1-2H3,(H,31,33). The monoisotopic (exact) mass is 473 g/mol. The zero-order chi connectivity index (χ0) is 24.3. The molecule has 2 heterocycles. The van der Waals surface area contributed by atoms with E-state index in [9.17, 15) is 18.0 Å². The minimum absolute atomic E-state index is 0.0151. The Morgan fingerprint density at radius 1 is 1.18 bits per heavy atom. The first-order valence-corrected chi connectivity index (χ1v) is 11.7. The molecule has 1 aliphatic heterocycles. The third-order valence-electron chi connectivity index (χ3n) is 6.41. The maximum Gasteiger partial charge on any atom is 0.573 e. The second kappa shape index (κ2) is 10.1. The lowest BCUT2D eigenvalue weighted by molar-refractivity contribution is -0.274. The summed E-state index contributed by atoms with van der Waals surface area (Å²) >= 11 is 0. The van der Waals surface area contributed by atoms with Gasteiger partial charge >= 0.3 is 6.36 Å². The molecule has 0 spiro atoms. The van der Waals surface area contributed by atoms with Gasteiger partial charge < -0.3 is 19.9 Å². The number of rotatable bonds is 7. The van der Waals surface area contributed by atoms with E-state index < -0.39 is 6.36 Å². The molecule has 4 rings (SSSR count). The Balaban J connectivity index is 1.32. The lowest BCUT2D eigenvalue weighted by Gasteiger charge is -2.32. The van der Waals surface area contributed by atoms with Crippen LogP contribution in [0, 0.1) is 5.92 Å². The van der Waals surface area contributed by atoms with Crippen molar-refractivity contribution in [3.63, 3.8) is 0 Å². The third-order valence-corrected chi connectivity index (χ3v) is 6.41. The summed E-state index contributed by atoms with van der Waals surface area (Å²) in [6.45, 7) is 6.51. The Labute approximate surface area is 197 Å². The highest BCUT2D eigenvalue weighted by Crippen LogP contribution is 2.31. The highest BCUT2D eigenvalue weighted by Gasteiger charge is 2.31. The molecule has 5 nitrogen and oxygen atoms in total. The number of fused-ring (bicyclic) bond motifs is 1. The third kappa shape index (κ3) is 6.11. The van der Waals surface area contributed by atoms with Crippen LogP contribution >= 0.6 is 0 Å². The average Bonchev–Trinajstić information content (AvgIpc) is 3.19. The molecular weight excluding hydrogens is 443 g/mol. The van der Waals surface area contributed by atoms with Crippen LogP contribution < -0.4 is 10.1 Å². The molecule has 1 amide bonds. The zero-order valence-electron chi connectivity index (χ0n) is 19.4. The molecule has 1 fully saturated rings. The van der Waals surface area contributed by atoms with Gasteiger partial charge in [-0.3, -0.25) is 4.79 Å². The van der Waals surface area contributed by atoms with Crippen molar-refractivity contribution < 1.29 is 22.7 Å². The van der Waals surface area contributed by atoms with Crippen LogP contribution in [-0.2, 0) is 11.2 Å². The Morgan fingerprint density at radius 3 is 2.65 bits per heavy atom. The van der Waals surface area contributed by atoms with Crippen LogP contribution in [0.4, 0.5) is 18.9 Å². The summed E-state index contributed by atoms with van der Waals surface area (Å²) in [7, 11) is 0. The number of carbonyl (C=O) groups is 1. The first-order valence-electron chi connectivity index (χ1n) is 11.7. The Morgan fingerprint density at radius 2 is 1.94 bits per heavy atom. The number of likely N-dealkylation sites (tertiary alicyclic amines) is 1. The molecule has 0 unspecified atom stereocenters. The van der Waals surface area contributed by atoms with Crippen LogP contribution in [0.1, 0.15) is 43.7 Å². The number of anilines is 1. The van der Waals surface area contributed by atoms with Gasteiger partial charge in [-0.2, -0.15) is 0 Å². The van der Waals surface area contributed by atoms with Gasteiger partial charge in [-0.25, -0.2) is 0 Å². The summed E-state index contributed by atoms with van der Waals surface area (Å²) in [6, 6.07) is 12.5. The molecule has 182 valence electrons. The number of amides is 1. The molecule has 1 aliphatic rings. The maximum atomic E-state index is 12.6. The van der Waals surface area contributed by atoms with Crippen molar-refractivity contribution in [2.45, 2.75) is 45.4 Å². The van der Waals surface area contributed by atoms with Gasteiger partial charge in [0.25, 0.3) is 0 Å². The normalized spacial score (nSPS) is 15.7. The SMILES string of the molecule is CC(C)C(=O)Nc1cccc(C2CCN(CCc3c[nH]c4ccc(OC(F)(F)F)cc34)CC2)c1. The minimum Gasteiger partial charge on any atom is -0.406 e. The smallest absolute Gasteiger partial charge is 0.406 e. The molecule has 1 saturated heterocycles. The molecule has 8 heteroatoms. The lowest BCUT2D eigenvalue weighted by atomic mass is 9.89. The van der Waals surface area contributed by atoms with Crippen LogP contribution in [0.2, 0.25) is 0 Å². The van der Waals surface area contributed by atoms with Crippen molar-refractivity contribution in [1.82, 2.24) is 9.88 Å². The van der Waals surface area contributed by atoms with E-state index in [0.717, 1.165) is 61.1 Å². The minimum atomic E-state index is -4.70. The summed E-state index contributed by atoms with van der Waals surface area (Å²) in [5.74, 6) is 0.199. The number of piperidine rings is 1. The average molecular weight is 474 g/mol. The number of carbonyl (C=O) groups excluding carboxylic acids is 1. The zero-order valence-corrected chi connectivity index (χ0v) is 19.4. The number of H-pyrrole nitrogens is 1. The van der Waals surface area contributed by atoms with Gasteiger partial charge in [0.2, 0.25) is 5.91 Å². The van der Waals surface area contributed by atoms with E-state index in [0.29, 0.717) is 5.92 Å². The number of hydrogen-bond acceptors (Lipinski definition) is 3. The van der Waals surface area contributed by atoms with E-state index >= 15 is 0 Å². The van der Waals surface area contributed by atoms with Crippen LogP contribution in [-0.4, -0.2) is 41.8 Å². The topological polar surface area (TPSA) is 57.4 Å².